The quantitative estimate of drug-likeness (QED) is 0.601. The van der Waals surface area contributed by atoms with Crippen molar-refractivity contribution in [2.75, 3.05) is 7.05 Å². The van der Waals surface area contributed by atoms with E-state index in [4.69, 9.17) is 11.6 Å². The topological polar surface area (TPSA) is 99.1 Å². The van der Waals surface area contributed by atoms with Crippen molar-refractivity contribution in [2.45, 2.75) is 13.1 Å². The standard InChI is InChI=1S/C11H13ClN6O3/c1-15(6-9-8(12)5-13-16(9)2)11(19)7-17-4-3-10(14-17)18(20)21/h3-5H,6-7H2,1-2H3. The number of hydrogen-bond acceptors (Lipinski definition) is 5. The molecule has 112 valence electrons. The minimum Gasteiger partial charge on any atom is -0.358 e. The lowest BCUT2D eigenvalue weighted by Gasteiger charge is -2.16. The number of aryl methyl sites for hydroxylation is 1. The van der Waals surface area contributed by atoms with E-state index in [1.165, 1.54) is 28.0 Å². The summed E-state index contributed by atoms with van der Waals surface area (Å²) in [6.07, 6.45) is 2.90. The van der Waals surface area contributed by atoms with E-state index < -0.39 is 4.92 Å². The van der Waals surface area contributed by atoms with E-state index in [-0.39, 0.29) is 24.8 Å². The third-order valence-corrected chi connectivity index (χ3v) is 3.25. The molecule has 0 aromatic carbocycles. The molecule has 0 spiro atoms. The van der Waals surface area contributed by atoms with Gasteiger partial charge >= 0.3 is 5.82 Å². The van der Waals surface area contributed by atoms with Crippen molar-refractivity contribution in [2.24, 2.45) is 7.05 Å². The molecule has 0 radical (unpaired) electrons. The first-order valence-electron chi connectivity index (χ1n) is 5.96. The average Bonchev–Trinajstić information content (AvgIpc) is 3.00. The molecule has 0 saturated carbocycles. The molecule has 9 nitrogen and oxygen atoms in total. The monoisotopic (exact) mass is 312 g/mol. The van der Waals surface area contributed by atoms with E-state index in [2.05, 4.69) is 10.2 Å². The number of amides is 1. The second-order valence-corrected chi connectivity index (χ2v) is 4.85. The third-order valence-electron chi connectivity index (χ3n) is 2.93. The Morgan fingerprint density at radius 1 is 1.57 bits per heavy atom. The Kier molecular flexibility index (Phi) is 4.22. The van der Waals surface area contributed by atoms with Gasteiger partial charge in [-0.3, -0.25) is 9.48 Å². The summed E-state index contributed by atoms with van der Waals surface area (Å²) in [5, 5.41) is 18.7. The minimum atomic E-state index is -0.611. The number of carbonyl (C=O) groups is 1. The summed E-state index contributed by atoms with van der Waals surface area (Å²) >= 11 is 5.98. The molecule has 0 saturated heterocycles. The van der Waals surface area contributed by atoms with Crippen LogP contribution in [0.25, 0.3) is 0 Å². The molecule has 2 aromatic rings. The van der Waals surface area contributed by atoms with Crippen LogP contribution in [0, 0.1) is 10.1 Å². The zero-order valence-corrected chi connectivity index (χ0v) is 12.2. The van der Waals surface area contributed by atoms with E-state index in [9.17, 15) is 14.9 Å². The maximum Gasteiger partial charge on any atom is 0.389 e. The fourth-order valence-corrected chi connectivity index (χ4v) is 1.95. The van der Waals surface area contributed by atoms with E-state index >= 15 is 0 Å². The van der Waals surface area contributed by atoms with Gasteiger partial charge in [0.15, 0.2) is 0 Å². The van der Waals surface area contributed by atoms with Crippen LogP contribution in [0.15, 0.2) is 18.5 Å². The van der Waals surface area contributed by atoms with Crippen LogP contribution in [0.4, 0.5) is 5.82 Å². The van der Waals surface area contributed by atoms with Crippen molar-refractivity contribution in [3.8, 4) is 0 Å². The Hall–Kier alpha value is -2.42. The van der Waals surface area contributed by atoms with Crippen molar-refractivity contribution in [3.05, 3.63) is 39.3 Å². The van der Waals surface area contributed by atoms with Crippen LogP contribution in [-0.4, -0.2) is 42.3 Å². The van der Waals surface area contributed by atoms with Gasteiger partial charge in [0.1, 0.15) is 6.54 Å². The van der Waals surface area contributed by atoms with Gasteiger partial charge in [-0.1, -0.05) is 11.6 Å². The highest BCUT2D eigenvalue weighted by atomic mass is 35.5. The van der Waals surface area contributed by atoms with Gasteiger partial charge in [0.25, 0.3) is 0 Å². The first-order valence-corrected chi connectivity index (χ1v) is 6.34. The zero-order valence-electron chi connectivity index (χ0n) is 11.4. The molecular formula is C11H13ClN6O3. The summed E-state index contributed by atoms with van der Waals surface area (Å²) in [6.45, 7) is 0.206. The Morgan fingerprint density at radius 2 is 2.29 bits per heavy atom. The van der Waals surface area contributed by atoms with Crippen LogP contribution in [0.2, 0.25) is 5.02 Å². The average molecular weight is 313 g/mol. The van der Waals surface area contributed by atoms with Crippen molar-refractivity contribution in [1.82, 2.24) is 24.5 Å². The normalized spacial score (nSPS) is 10.6. The van der Waals surface area contributed by atoms with Crippen molar-refractivity contribution in [3.63, 3.8) is 0 Å². The van der Waals surface area contributed by atoms with E-state index in [0.717, 1.165) is 0 Å². The minimum absolute atomic E-state index is 0.0835. The molecular weight excluding hydrogens is 300 g/mol. The van der Waals surface area contributed by atoms with Gasteiger partial charge in [0.2, 0.25) is 5.91 Å². The molecule has 0 fully saturated rings. The number of halogens is 1. The lowest BCUT2D eigenvalue weighted by atomic mass is 10.4. The number of nitrogens with zero attached hydrogens (tertiary/aromatic N) is 6. The summed E-state index contributed by atoms with van der Waals surface area (Å²) < 4.78 is 2.81. The summed E-state index contributed by atoms with van der Waals surface area (Å²) in [5.74, 6) is -0.537. The SMILES string of the molecule is CN(Cc1c(Cl)cnn1C)C(=O)Cn1ccc([N+](=O)[O-])n1. The fourth-order valence-electron chi connectivity index (χ4n) is 1.72. The summed E-state index contributed by atoms with van der Waals surface area (Å²) in [7, 11) is 3.35. The zero-order chi connectivity index (χ0) is 15.6. The van der Waals surface area contributed by atoms with Crippen LogP contribution < -0.4 is 0 Å². The van der Waals surface area contributed by atoms with Gasteiger partial charge < -0.3 is 15.0 Å². The number of aromatic nitrogens is 4. The van der Waals surface area contributed by atoms with E-state index in [1.54, 1.807) is 18.8 Å². The third kappa shape index (κ3) is 3.37. The van der Waals surface area contributed by atoms with Gasteiger partial charge in [-0.2, -0.15) is 9.78 Å². The molecule has 10 heteroatoms. The molecule has 1 amide bonds. The number of hydrogen-bond donors (Lipinski definition) is 0. The van der Waals surface area contributed by atoms with E-state index in [1.807, 2.05) is 0 Å². The summed E-state index contributed by atoms with van der Waals surface area (Å²) in [4.78, 5) is 23.4. The molecule has 2 rings (SSSR count). The Balaban J connectivity index is 2.01. The molecule has 2 aromatic heterocycles. The lowest BCUT2D eigenvalue weighted by Crippen LogP contribution is -2.30. The molecule has 21 heavy (non-hydrogen) atoms. The van der Waals surface area contributed by atoms with Crippen LogP contribution >= 0.6 is 11.6 Å². The number of nitro groups is 1. The number of rotatable bonds is 5. The summed E-state index contributed by atoms with van der Waals surface area (Å²) in [6, 6.07) is 1.24. The maximum atomic E-state index is 12.1. The molecule has 0 aliphatic carbocycles. The van der Waals surface area contributed by atoms with Gasteiger partial charge in [-0.25, -0.2) is 0 Å². The maximum absolute atomic E-state index is 12.1. The van der Waals surface area contributed by atoms with Gasteiger partial charge in [0.05, 0.1) is 40.8 Å². The highest BCUT2D eigenvalue weighted by molar-refractivity contribution is 6.31. The van der Waals surface area contributed by atoms with Crippen LogP contribution in [0.3, 0.4) is 0 Å². The Bertz CT molecular complexity index is 660. The first-order chi connectivity index (χ1) is 9.88. The van der Waals surface area contributed by atoms with E-state index in [0.29, 0.717) is 10.7 Å². The first kappa shape index (κ1) is 15.0. The predicted octanol–water partition coefficient (Wildman–Crippen LogP) is 0.837. The predicted molar refractivity (Wildman–Crippen MR) is 73.6 cm³/mol. The van der Waals surface area contributed by atoms with Gasteiger partial charge in [-0.15, -0.1) is 0 Å². The second-order valence-electron chi connectivity index (χ2n) is 4.44. The Labute approximate surface area is 124 Å². The molecule has 0 aliphatic rings. The van der Waals surface area contributed by atoms with Gasteiger partial charge in [0, 0.05) is 14.1 Å². The van der Waals surface area contributed by atoms with Gasteiger partial charge in [-0.05, 0) is 4.92 Å². The van der Waals surface area contributed by atoms with Crippen molar-refractivity contribution in [1.29, 1.82) is 0 Å². The molecule has 0 aliphatic heterocycles. The lowest BCUT2D eigenvalue weighted by molar-refractivity contribution is -0.389. The molecule has 0 unspecified atom stereocenters. The molecule has 0 bridgehead atoms. The Morgan fingerprint density at radius 3 is 2.81 bits per heavy atom. The second kappa shape index (κ2) is 5.92. The summed E-state index contributed by atoms with van der Waals surface area (Å²) in [5.41, 5.74) is 0.707. The van der Waals surface area contributed by atoms with Crippen LogP contribution in [-0.2, 0) is 24.9 Å². The van der Waals surface area contributed by atoms with Crippen molar-refractivity contribution >= 4 is 23.3 Å². The largest absolute Gasteiger partial charge is 0.389 e. The highest BCUT2D eigenvalue weighted by Crippen LogP contribution is 2.15. The number of likely N-dealkylation sites (N-methyl/N-ethyl adjacent to an activating group) is 1. The number of carbonyl (C=O) groups excluding carboxylic acids is 1. The molecule has 0 N–H and O–H groups in total. The van der Waals surface area contributed by atoms with Crippen molar-refractivity contribution < 1.29 is 9.72 Å². The molecule has 2 heterocycles. The fraction of sp³-hybridized carbons (Fsp3) is 0.364. The smallest absolute Gasteiger partial charge is 0.358 e. The molecule has 0 atom stereocenters. The van der Waals surface area contributed by atoms with Crippen LogP contribution in [0.5, 0.6) is 0 Å². The highest BCUT2D eigenvalue weighted by Gasteiger charge is 2.18. The van der Waals surface area contributed by atoms with Crippen LogP contribution in [0.1, 0.15) is 5.69 Å².